The first-order chi connectivity index (χ1) is 20.4. The number of hydrogen-bond donors (Lipinski definition) is 1. The molecule has 0 radical (unpaired) electrons. The quantitative estimate of drug-likeness (QED) is 0.249. The summed E-state index contributed by atoms with van der Waals surface area (Å²) >= 11 is 3.12. The largest absolute Gasteiger partial charge is 0.496 e. The Bertz CT molecular complexity index is 1560. The van der Waals surface area contributed by atoms with Crippen LogP contribution < -0.4 is 19.7 Å². The van der Waals surface area contributed by atoms with Gasteiger partial charge in [-0.25, -0.2) is 4.68 Å². The Balaban J connectivity index is 1.83. The minimum atomic E-state index is -0.282. The van der Waals surface area contributed by atoms with E-state index in [0.717, 1.165) is 27.9 Å². The van der Waals surface area contributed by atoms with Gasteiger partial charge in [-0.2, -0.15) is 16.4 Å². The molecule has 1 aliphatic heterocycles. The Morgan fingerprint density at radius 2 is 1.86 bits per heavy atom. The fraction of sp³-hybridized carbons (Fsp3) is 0.323. The van der Waals surface area contributed by atoms with Gasteiger partial charge >= 0.3 is 0 Å². The van der Waals surface area contributed by atoms with Crippen molar-refractivity contribution in [2.45, 2.75) is 19.1 Å². The second-order valence-corrected chi connectivity index (χ2v) is 11.8. The number of thiophene rings is 1. The molecule has 9 nitrogen and oxygen atoms in total. The van der Waals surface area contributed by atoms with Gasteiger partial charge in [0.05, 0.1) is 43.1 Å². The lowest BCUT2D eigenvalue weighted by molar-refractivity contribution is -0.123. The lowest BCUT2D eigenvalue weighted by Gasteiger charge is -2.23. The number of ether oxygens (including phenoxy) is 3. The number of carbonyl (C=O) groups is 2. The van der Waals surface area contributed by atoms with Gasteiger partial charge in [-0.05, 0) is 60.0 Å². The van der Waals surface area contributed by atoms with Gasteiger partial charge in [-0.1, -0.05) is 23.8 Å². The standard InChI is InChI=1S/C31H34N4O5S2/c1-19-9-10-22(20(2)15-19)35-31-28(29(33-35)27-23(39-4)7-6-8-24(27)40-5)30(21-11-14-41-17-21)42-18-26(37)34(31)16-25(36)32-12-13-38-3/h6-11,14-15,17,30H,12-13,16,18H2,1-5H3,(H,32,36). The minimum Gasteiger partial charge on any atom is -0.496 e. The normalized spacial score (nSPS) is 14.8. The van der Waals surface area contributed by atoms with Gasteiger partial charge in [0.1, 0.15) is 29.6 Å². The van der Waals surface area contributed by atoms with Crippen LogP contribution in [-0.2, 0) is 14.3 Å². The first-order valence-corrected chi connectivity index (χ1v) is 15.5. The Kier molecular flexibility index (Phi) is 9.20. The van der Waals surface area contributed by atoms with Gasteiger partial charge in [-0.15, -0.1) is 11.8 Å². The summed E-state index contributed by atoms with van der Waals surface area (Å²) in [5, 5.41) is 12.0. The molecule has 2 aromatic carbocycles. The molecule has 1 unspecified atom stereocenters. The van der Waals surface area contributed by atoms with E-state index < -0.39 is 0 Å². The molecule has 1 N–H and O–H groups in total. The van der Waals surface area contributed by atoms with Gasteiger partial charge < -0.3 is 19.5 Å². The maximum absolute atomic E-state index is 13.9. The first-order valence-electron chi connectivity index (χ1n) is 13.5. The van der Waals surface area contributed by atoms with Crippen molar-refractivity contribution in [1.29, 1.82) is 0 Å². The summed E-state index contributed by atoms with van der Waals surface area (Å²) in [6, 6.07) is 13.8. The summed E-state index contributed by atoms with van der Waals surface area (Å²) in [6.45, 7) is 4.61. The van der Waals surface area contributed by atoms with Crippen LogP contribution in [0.1, 0.15) is 27.5 Å². The highest BCUT2D eigenvalue weighted by Gasteiger charge is 2.39. The molecule has 0 spiro atoms. The molecule has 0 fully saturated rings. The molecule has 42 heavy (non-hydrogen) atoms. The third-order valence-corrected chi connectivity index (χ3v) is 9.07. The molecule has 0 saturated carbocycles. The van der Waals surface area contributed by atoms with E-state index in [2.05, 4.69) is 22.8 Å². The predicted octanol–water partition coefficient (Wildman–Crippen LogP) is 5.17. The van der Waals surface area contributed by atoms with Gasteiger partial charge in [0.2, 0.25) is 11.8 Å². The summed E-state index contributed by atoms with van der Waals surface area (Å²) < 4.78 is 18.5. The molecule has 2 aromatic heterocycles. The molecule has 2 amide bonds. The van der Waals surface area contributed by atoms with E-state index in [1.807, 2.05) is 49.6 Å². The number of nitrogens with zero attached hydrogens (tertiary/aromatic N) is 3. The van der Waals surface area contributed by atoms with E-state index in [1.54, 1.807) is 42.2 Å². The number of benzene rings is 2. The lowest BCUT2D eigenvalue weighted by Crippen LogP contribution is -2.43. The van der Waals surface area contributed by atoms with Crippen molar-refractivity contribution in [3.63, 3.8) is 0 Å². The second kappa shape index (κ2) is 13.0. The topological polar surface area (TPSA) is 94.9 Å². The highest BCUT2D eigenvalue weighted by Crippen LogP contribution is 2.52. The maximum atomic E-state index is 13.9. The van der Waals surface area contributed by atoms with Crippen molar-refractivity contribution >= 4 is 40.7 Å². The Hall–Kier alpha value is -3.80. The number of carbonyl (C=O) groups excluding carboxylic acids is 2. The highest BCUT2D eigenvalue weighted by atomic mass is 32.2. The zero-order chi connectivity index (χ0) is 29.8. The van der Waals surface area contributed by atoms with Crippen molar-refractivity contribution in [2.75, 3.05) is 51.7 Å². The minimum absolute atomic E-state index is 0.161. The Morgan fingerprint density at radius 3 is 2.50 bits per heavy atom. The molecule has 220 valence electrons. The molecule has 1 aliphatic rings. The van der Waals surface area contributed by atoms with Crippen LogP contribution in [0.25, 0.3) is 16.9 Å². The fourth-order valence-electron chi connectivity index (χ4n) is 5.18. The molecule has 0 bridgehead atoms. The van der Waals surface area contributed by atoms with Gasteiger partial charge in [0.15, 0.2) is 0 Å². The van der Waals surface area contributed by atoms with Gasteiger partial charge in [0, 0.05) is 19.2 Å². The van der Waals surface area contributed by atoms with E-state index >= 15 is 0 Å². The number of amides is 2. The Labute approximate surface area is 253 Å². The number of fused-ring (bicyclic) bond motifs is 1. The summed E-state index contributed by atoms with van der Waals surface area (Å²) in [6.07, 6.45) is 0. The molecule has 3 heterocycles. The van der Waals surface area contributed by atoms with Gasteiger partial charge in [0.25, 0.3) is 0 Å². The fourth-order valence-corrected chi connectivity index (χ4v) is 7.14. The average Bonchev–Trinajstić information content (AvgIpc) is 3.62. The third kappa shape index (κ3) is 5.77. The summed E-state index contributed by atoms with van der Waals surface area (Å²) in [4.78, 5) is 28.6. The summed E-state index contributed by atoms with van der Waals surface area (Å²) in [5.41, 5.74) is 6.09. The first kappa shape index (κ1) is 29.7. The van der Waals surface area contributed by atoms with Crippen molar-refractivity contribution in [1.82, 2.24) is 15.1 Å². The number of methoxy groups -OCH3 is 3. The van der Waals surface area contributed by atoms with E-state index in [9.17, 15) is 9.59 Å². The van der Waals surface area contributed by atoms with E-state index in [4.69, 9.17) is 19.3 Å². The highest BCUT2D eigenvalue weighted by molar-refractivity contribution is 8.00. The smallest absolute Gasteiger partial charge is 0.240 e. The van der Waals surface area contributed by atoms with Crippen molar-refractivity contribution in [3.8, 4) is 28.4 Å². The Morgan fingerprint density at radius 1 is 1.10 bits per heavy atom. The van der Waals surface area contributed by atoms with E-state index in [-0.39, 0.29) is 29.4 Å². The number of aromatic nitrogens is 2. The van der Waals surface area contributed by atoms with E-state index in [0.29, 0.717) is 41.7 Å². The number of thioether (sulfide) groups is 1. The summed E-state index contributed by atoms with van der Waals surface area (Å²) in [7, 11) is 4.81. The maximum Gasteiger partial charge on any atom is 0.240 e. The van der Waals surface area contributed by atoms with Crippen molar-refractivity contribution in [3.05, 3.63) is 75.5 Å². The molecule has 5 rings (SSSR count). The van der Waals surface area contributed by atoms with Crippen molar-refractivity contribution in [2.24, 2.45) is 0 Å². The van der Waals surface area contributed by atoms with Crippen molar-refractivity contribution < 1.29 is 23.8 Å². The second-order valence-electron chi connectivity index (χ2n) is 9.90. The SMILES string of the molecule is COCCNC(=O)CN1C(=O)CSC(c2ccsc2)c2c(-c3c(OC)cccc3OC)nn(-c3ccc(C)cc3C)c21. The van der Waals surface area contributed by atoms with Crippen LogP contribution >= 0.6 is 23.1 Å². The number of aryl methyl sites for hydroxylation is 2. The lowest BCUT2D eigenvalue weighted by atomic mass is 9.99. The van der Waals surface area contributed by atoms with Crippen LogP contribution in [0.4, 0.5) is 5.82 Å². The molecule has 11 heteroatoms. The summed E-state index contributed by atoms with van der Waals surface area (Å²) in [5.74, 6) is 1.47. The molecular weight excluding hydrogens is 572 g/mol. The van der Waals surface area contributed by atoms with Crippen LogP contribution in [0.2, 0.25) is 0 Å². The van der Waals surface area contributed by atoms with Gasteiger partial charge in [-0.3, -0.25) is 14.5 Å². The molecular formula is C31H34N4O5S2. The number of nitrogens with one attached hydrogen (secondary N) is 1. The molecule has 0 saturated heterocycles. The zero-order valence-corrected chi connectivity index (χ0v) is 25.9. The van der Waals surface area contributed by atoms with Crippen LogP contribution in [-0.4, -0.2) is 68.4 Å². The predicted molar refractivity (Wildman–Crippen MR) is 167 cm³/mol. The van der Waals surface area contributed by atoms with Crippen LogP contribution in [0.15, 0.2) is 53.2 Å². The van der Waals surface area contributed by atoms with Crippen LogP contribution in [0, 0.1) is 13.8 Å². The number of rotatable bonds is 10. The van der Waals surface area contributed by atoms with Crippen LogP contribution in [0.5, 0.6) is 11.5 Å². The third-order valence-electron chi connectivity index (χ3n) is 7.11. The number of anilines is 1. The average molecular weight is 607 g/mol. The van der Waals surface area contributed by atoms with Crippen LogP contribution in [0.3, 0.4) is 0 Å². The van der Waals surface area contributed by atoms with E-state index in [1.165, 1.54) is 11.8 Å². The number of hydrogen-bond acceptors (Lipinski definition) is 8. The molecule has 4 aromatic rings. The molecule has 0 aliphatic carbocycles. The monoisotopic (exact) mass is 606 g/mol. The molecule has 1 atom stereocenters. The zero-order valence-electron chi connectivity index (χ0n) is 24.3.